The fourth-order valence-electron chi connectivity index (χ4n) is 3.10. The van der Waals surface area contributed by atoms with Gasteiger partial charge in [0.05, 0.1) is 22.7 Å². The number of benzene rings is 2. The average molecular weight is 437 g/mol. The van der Waals surface area contributed by atoms with Crippen LogP contribution in [-0.2, 0) is 6.18 Å². The van der Waals surface area contributed by atoms with Gasteiger partial charge < -0.3 is 9.64 Å². The maximum absolute atomic E-state index is 12.9. The van der Waals surface area contributed by atoms with Crippen molar-refractivity contribution in [3.8, 4) is 17.0 Å². The molecule has 0 aliphatic heterocycles. The Morgan fingerprint density at radius 2 is 1.73 bits per heavy atom. The zero-order valence-electron chi connectivity index (χ0n) is 16.3. The molecule has 0 saturated carbocycles. The Hall–Kier alpha value is -2.84. The zero-order chi connectivity index (χ0) is 20.6. The molecule has 2 aromatic heterocycles. The van der Waals surface area contributed by atoms with E-state index >= 15 is 0 Å². The molecule has 0 unspecified atom stereocenters. The fourth-order valence-corrected chi connectivity index (χ4v) is 3.10. The second-order valence-electron chi connectivity index (χ2n) is 6.95. The minimum atomic E-state index is -4.37. The minimum Gasteiger partial charge on any atom is -0.476 e. The Morgan fingerprint density at radius 1 is 1.03 bits per heavy atom. The van der Waals surface area contributed by atoms with Crippen LogP contribution in [0, 0.1) is 0 Å². The van der Waals surface area contributed by atoms with Crippen LogP contribution in [0.3, 0.4) is 0 Å². The van der Waals surface area contributed by atoms with Gasteiger partial charge in [0.25, 0.3) is 0 Å². The number of para-hydroxylation sites is 1. The van der Waals surface area contributed by atoms with E-state index in [0.29, 0.717) is 29.3 Å². The number of alkyl halides is 3. The maximum atomic E-state index is 12.9. The van der Waals surface area contributed by atoms with E-state index < -0.39 is 11.7 Å². The number of aromatic nitrogens is 3. The first-order valence-electron chi connectivity index (χ1n) is 9.06. The maximum Gasteiger partial charge on any atom is 0.416 e. The highest BCUT2D eigenvalue weighted by molar-refractivity contribution is 5.89. The fraction of sp³-hybridized carbons (Fsp3) is 0.238. The van der Waals surface area contributed by atoms with Gasteiger partial charge in [-0.05, 0) is 43.9 Å². The third kappa shape index (κ3) is 4.20. The second kappa shape index (κ2) is 8.49. The molecular weight excluding hydrogens is 417 g/mol. The summed E-state index contributed by atoms with van der Waals surface area (Å²) in [5, 5.41) is 5.23. The molecule has 2 aromatic carbocycles. The van der Waals surface area contributed by atoms with Crippen molar-refractivity contribution in [1.82, 2.24) is 19.5 Å². The summed E-state index contributed by atoms with van der Waals surface area (Å²) in [6, 6.07) is 12.6. The van der Waals surface area contributed by atoms with Gasteiger partial charge in [-0.3, -0.25) is 0 Å². The van der Waals surface area contributed by atoms with E-state index in [-0.39, 0.29) is 12.4 Å². The Balaban J connectivity index is 0.00000256. The SMILES string of the molecule is CN(C)CCOc1nc2c(-c3ccc(C(F)(F)F)cc3)cnn2c2ccccc12.Cl. The van der Waals surface area contributed by atoms with Crippen molar-refractivity contribution >= 4 is 29.0 Å². The molecule has 0 aliphatic carbocycles. The van der Waals surface area contributed by atoms with E-state index in [9.17, 15) is 13.2 Å². The van der Waals surface area contributed by atoms with Crippen LogP contribution in [0.2, 0.25) is 0 Å². The number of nitrogens with zero attached hydrogens (tertiary/aromatic N) is 4. The number of fused-ring (bicyclic) bond motifs is 3. The summed E-state index contributed by atoms with van der Waals surface area (Å²) in [4.78, 5) is 6.65. The molecule has 158 valence electrons. The third-order valence-electron chi connectivity index (χ3n) is 4.61. The first-order chi connectivity index (χ1) is 13.8. The van der Waals surface area contributed by atoms with Crippen LogP contribution in [0.4, 0.5) is 13.2 Å². The van der Waals surface area contributed by atoms with Gasteiger partial charge in [-0.1, -0.05) is 24.3 Å². The normalized spacial score (nSPS) is 11.8. The Kier molecular flexibility index (Phi) is 6.19. The van der Waals surface area contributed by atoms with Crippen LogP contribution in [0.15, 0.2) is 54.7 Å². The topological polar surface area (TPSA) is 42.7 Å². The quantitative estimate of drug-likeness (QED) is 0.445. The van der Waals surface area contributed by atoms with Gasteiger partial charge in [-0.15, -0.1) is 12.4 Å². The number of hydrogen-bond donors (Lipinski definition) is 0. The van der Waals surface area contributed by atoms with Crippen molar-refractivity contribution in [2.45, 2.75) is 6.18 Å². The lowest BCUT2D eigenvalue weighted by molar-refractivity contribution is -0.137. The highest BCUT2D eigenvalue weighted by Crippen LogP contribution is 2.33. The Labute approximate surface area is 177 Å². The Bertz CT molecular complexity index is 1160. The van der Waals surface area contributed by atoms with E-state index in [1.165, 1.54) is 12.1 Å². The van der Waals surface area contributed by atoms with Crippen LogP contribution < -0.4 is 4.74 Å². The van der Waals surface area contributed by atoms with E-state index in [1.807, 2.05) is 43.3 Å². The summed E-state index contributed by atoms with van der Waals surface area (Å²) >= 11 is 0. The lowest BCUT2D eigenvalue weighted by atomic mass is 10.1. The molecule has 0 fully saturated rings. The molecule has 0 amide bonds. The first kappa shape index (κ1) is 21.9. The van der Waals surface area contributed by atoms with Crippen LogP contribution in [0.25, 0.3) is 27.7 Å². The first-order valence-corrected chi connectivity index (χ1v) is 9.06. The summed E-state index contributed by atoms with van der Waals surface area (Å²) in [5.74, 6) is 0.476. The molecule has 0 N–H and O–H groups in total. The van der Waals surface area contributed by atoms with Crippen molar-refractivity contribution in [3.05, 3.63) is 60.3 Å². The molecule has 30 heavy (non-hydrogen) atoms. The van der Waals surface area contributed by atoms with Crippen LogP contribution in [0.1, 0.15) is 5.56 Å². The molecule has 0 spiro atoms. The average Bonchev–Trinajstić information content (AvgIpc) is 3.11. The molecule has 0 atom stereocenters. The van der Waals surface area contributed by atoms with Crippen LogP contribution >= 0.6 is 12.4 Å². The molecule has 0 aliphatic rings. The van der Waals surface area contributed by atoms with E-state index in [4.69, 9.17) is 4.74 Å². The minimum absolute atomic E-state index is 0. The lowest BCUT2D eigenvalue weighted by Gasteiger charge is -2.13. The third-order valence-corrected chi connectivity index (χ3v) is 4.61. The highest BCUT2D eigenvalue weighted by Gasteiger charge is 2.30. The summed E-state index contributed by atoms with van der Waals surface area (Å²) in [6.45, 7) is 1.19. The predicted octanol–water partition coefficient (Wildman–Crippen LogP) is 4.93. The van der Waals surface area contributed by atoms with Crippen LogP contribution in [-0.4, -0.2) is 46.7 Å². The van der Waals surface area contributed by atoms with E-state index in [2.05, 4.69) is 10.1 Å². The van der Waals surface area contributed by atoms with Gasteiger partial charge in [-0.25, -0.2) is 4.52 Å². The second-order valence-corrected chi connectivity index (χ2v) is 6.95. The highest BCUT2D eigenvalue weighted by atomic mass is 35.5. The van der Waals surface area contributed by atoms with Gasteiger partial charge in [0.15, 0.2) is 5.65 Å². The van der Waals surface area contributed by atoms with Crippen molar-refractivity contribution < 1.29 is 17.9 Å². The van der Waals surface area contributed by atoms with Crippen molar-refractivity contribution in [2.24, 2.45) is 0 Å². The Morgan fingerprint density at radius 3 is 2.40 bits per heavy atom. The molecule has 0 bridgehead atoms. The monoisotopic (exact) mass is 436 g/mol. The van der Waals surface area contributed by atoms with Crippen LogP contribution in [0.5, 0.6) is 5.88 Å². The summed E-state index contributed by atoms with van der Waals surface area (Å²) in [5.41, 5.74) is 1.90. The zero-order valence-corrected chi connectivity index (χ0v) is 17.2. The standard InChI is InChI=1S/C21H19F3N4O.ClH/c1-27(2)11-12-29-20-16-5-3-4-6-18(16)28-19(26-20)17(13-25-28)14-7-9-15(10-8-14)21(22,23)24;/h3-10,13H,11-12H2,1-2H3;1H. The number of halogens is 4. The van der Waals surface area contributed by atoms with Crippen molar-refractivity contribution in [2.75, 3.05) is 27.2 Å². The smallest absolute Gasteiger partial charge is 0.416 e. The molecular formula is C21H20ClF3N4O. The molecule has 9 heteroatoms. The molecule has 4 aromatic rings. The summed E-state index contributed by atoms with van der Waals surface area (Å²) < 4.78 is 46.2. The summed E-state index contributed by atoms with van der Waals surface area (Å²) in [6.07, 6.45) is -2.76. The number of rotatable bonds is 5. The van der Waals surface area contributed by atoms with E-state index in [0.717, 1.165) is 29.6 Å². The van der Waals surface area contributed by atoms with Gasteiger partial charge in [0.1, 0.15) is 6.61 Å². The van der Waals surface area contributed by atoms with Gasteiger partial charge in [0, 0.05) is 12.1 Å². The molecule has 0 saturated heterocycles. The van der Waals surface area contributed by atoms with Crippen molar-refractivity contribution in [3.63, 3.8) is 0 Å². The van der Waals surface area contributed by atoms with E-state index in [1.54, 1.807) is 10.7 Å². The molecule has 2 heterocycles. The molecule has 5 nitrogen and oxygen atoms in total. The van der Waals surface area contributed by atoms with Gasteiger partial charge in [-0.2, -0.15) is 23.3 Å². The van der Waals surface area contributed by atoms with Gasteiger partial charge in [0.2, 0.25) is 5.88 Å². The molecule has 4 rings (SSSR count). The van der Waals surface area contributed by atoms with Gasteiger partial charge >= 0.3 is 6.18 Å². The largest absolute Gasteiger partial charge is 0.476 e. The number of likely N-dealkylation sites (N-methyl/N-ethyl adjacent to an activating group) is 1. The lowest BCUT2D eigenvalue weighted by Crippen LogP contribution is -2.19. The summed E-state index contributed by atoms with van der Waals surface area (Å²) in [7, 11) is 3.91. The molecule has 0 radical (unpaired) electrons. The number of hydrogen-bond acceptors (Lipinski definition) is 4. The number of ether oxygens (including phenoxy) is 1. The predicted molar refractivity (Wildman–Crippen MR) is 112 cm³/mol. The van der Waals surface area contributed by atoms with Crippen molar-refractivity contribution in [1.29, 1.82) is 0 Å².